The summed E-state index contributed by atoms with van der Waals surface area (Å²) < 4.78 is 0. The van der Waals surface area contributed by atoms with E-state index < -0.39 is 6.23 Å². The minimum Gasteiger partial charge on any atom is -0.391 e. The molecule has 0 amide bonds. The first-order valence-corrected chi connectivity index (χ1v) is 5.35. The second kappa shape index (κ2) is 3.47. The van der Waals surface area contributed by atoms with E-state index in [2.05, 4.69) is 13.8 Å². The Balaban J connectivity index is 3.00. The molecule has 1 aliphatic heterocycles. The second-order valence-corrected chi connectivity index (χ2v) is 5.52. The number of hydrogen-bond acceptors (Lipinski definition) is 3. The average molecular weight is 201 g/mol. The monoisotopic (exact) mass is 201 g/mol. The molecule has 2 atom stereocenters. The zero-order valence-corrected chi connectivity index (χ0v) is 9.91. The summed E-state index contributed by atoms with van der Waals surface area (Å²) in [5, 5.41) is 19.7. The minimum absolute atomic E-state index is 0.0447. The maximum Gasteiger partial charge on any atom is 0.105 e. The van der Waals surface area contributed by atoms with Crippen LogP contribution in [0.1, 0.15) is 47.5 Å². The summed E-state index contributed by atoms with van der Waals surface area (Å²) in [6, 6.07) is 0. The lowest BCUT2D eigenvalue weighted by atomic mass is 9.77. The van der Waals surface area contributed by atoms with Crippen LogP contribution in [0.15, 0.2) is 0 Å². The predicted octanol–water partition coefficient (Wildman–Crippen LogP) is 1.34. The van der Waals surface area contributed by atoms with Crippen molar-refractivity contribution in [3.8, 4) is 0 Å². The van der Waals surface area contributed by atoms with Crippen molar-refractivity contribution in [3.05, 3.63) is 0 Å². The molecule has 2 N–H and O–H groups in total. The molecule has 3 nitrogen and oxygen atoms in total. The molecule has 0 spiro atoms. The summed E-state index contributed by atoms with van der Waals surface area (Å²) >= 11 is 0. The van der Waals surface area contributed by atoms with Gasteiger partial charge >= 0.3 is 0 Å². The highest BCUT2D eigenvalue weighted by Gasteiger charge is 2.48. The zero-order valence-electron chi connectivity index (χ0n) is 9.91. The third-order valence-corrected chi connectivity index (χ3v) is 3.49. The highest BCUT2D eigenvalue weighted by Crippen LogP contribution is 2.39. The highest BCUT2D eigenvalue weighted by atomic mass is 16.3. The van der Waals surface area contributed by atoms with Gasteiger partial charge in [0.1, 0.15) is 6.23 Å². The van der Waals surface area contributed by atoms with Crippen LogP contribution < -0.4 is 0 Å². The lowest BCUT2D eigenvalue weighted by Gasteiger charge is -2.56. The van der Waals surface area contributed by atoms with Crippen LogP contribution in [0.3, 0.4) is 0 Å². The molecule has 84 valence electrons. The van der Waals surface area contributed by atoms with Crippen LogP contribution in [-0.2, 0) is 0 Å². The van der Waals surface area contributed by atoms with Gasteiger partial charge in [-0.15, -0.1) is 0 Å². The Morgan fingerprint density at radius 1 is 1.29 bits per heavy atom. The number of likely N-dealkylation sites (tertiary alicyclic amines) is 1. The Labute approximate surface area is 86.7 Å². The fraction of sp³-hybridized carbons (Fsp3) is 1.00. The summed E-state index contributed by atoms with van der Waals surface area (Å²) in [5.74, 6) is 0. The van der Waals surface area contributed by atoms with Gasteiger partial charge in [0.25, 0.3) is 0 Å². The first kappa shape index (κ1) is 12.0. The minimum atomic E-state index is -0.519. The number of rotatable bonds is 1. The van der Waals surface area contributed by atoms with E-state index in [4.69, 9.17) is 0 Å². The van der Waals surface area contributed by atoms with Crippen LogP contribution in [0.2, 0.25) is 0 Å². The Bertz CT molecular complexity index is 211. The molecule has 0 bridgehead atoms. The van der Waals surface area contributed by atoms with E-state index in [0.717, 1.165) is 12.8 Å². The van der Waals surface area contributed by atoms with E-state index >= 15 is 0 Å². The number of aliphatic hydroxyl groups excluding tert-OH is 2. The van der Waals surface area contributed by atoms with Crippen LogP contribution in [0, 0.1) is 0 Å². The van der Waals surface area contributed by atoms with Crippen molar-refractivity contribution in [1.29, 1.82) is 0 Å². The SMILES string of the molecule is CC(O)N1C(C)(C)CCC(O)C1(C)C. The van der Waals surface area contributed by atoms with E-state index in [0.29, 0.717) is 0 Å². The van der Waals surface area contributed by atoms with Gasteiger partial charge in [0.05, 0.1) is 6.10 Å². The van der Waals surface area contributed by atoms with Crippen LogP contribution >= 0.6 is 0 Å². The summed E-state index contributed by atoms with van der Waals surface area (Å²) in [7, 11) is 0. The van der Waals surface area contributed by atoms with Crippen molar-refractivity contribution in [2.45, 2.75) is 70.9 Å². The molecule has 1 saturated heterocycles. The third-order valence-electron chi connectivity index (χ3n) is 3.49. The fourth-order valence-electron chi connectivity index (χ4n) is 2.89. The molecule has 1 aliphatic rings. The standard InChI is InChI=1S/C11H23NO2/c1-8(13)12-10(2,3)7-6-9(14)11(12,4)5/h8-9,13-14H,6-7H2,1-5H3. The molecule has 0 saturated carbocycles. The summed E-state index contributed by atoms with van der Waals surface area (Å²) in [4.78, 5) is 2.01. The molecule has 0 aromatic rings. The van der Waals surface area contributed by atoms with Gasteiger partial charge in [-0.1, -0.05) is 0 Å². The van der Waals surface area contributed by atoms with Crippen molar-refractivity contribution < 1.29 is 10.2 Å². The van der Waals surface area contributed by atoms with Crippen LogP contribution in [-0.4, -0.2) is 38.5 Å². The molecular weight excluding hydrogens is 178 g/mol. The van der Waals surface area contributed by atoms with Gasteiger partial charge in [-0.05, 0) is 47.5 Å². The Morgan fingerprint density at radius 3 is 2.14 bits per heavy atom. The van der Waals surface area contributed by atoms with Crippen molar-refractivity contribution in [3.63, 3.8) is 0 Å². The van der Waals surface area contributed by atoms with Crippen LogP contribution in [0.25, 0.3) is 0 Å². The fourth-order valence-corrected chi connectivity index (χ4v) is 2.89. The summed E-state index contributed by atoms with van der Waals surface area (Å²) in [5.41, 5.74) is -0.396. The molecule has 1 rings (SSSR count). The second-order valence-electron chi connectivity index (χ2n) is 5.52. The molecule has 14 heavy (non-hydrogen) atoms. The zero-order chi connectivity index (χ0) is 11.1. The van der Waals surface area contributed by atoms with Gasteiger partial charge in [-0.25, -0.2) is 0 Å². The smallest absolute Gasteiger partial charge is 0.105 e. The van der Waals surface area contributed by atoms with E-state index in [9.17, 15) is 10.2 Å². The molecule has 1 fully saturated rings. The predicted molar refractivity (Wildman–Crippen MR) is 56.9 cm³/mol. The first-order chi connectivity index (χ1) is 6.19. The van der Waals surface area contributed by atoms with Crippen molar-refractivity contribution in [1.82, 2.24) is 4.90 Å². The van der Waals surface area contributed by atoms with Crippen LogP contribution in [0.5, 0.6) is 0 Å². The number of piperidine rings is 1. The van der Waals surface area contributed by atoms with Gasteiger partial charge in [-0.2, -0.15) is 0 Å². The van der Waals surface area contributed by atoms with E-state index in [-0.39, 0.29) is 17.2 Å². The average Bonchev–Trinajstić information content (AvgIpc) is 1.95. The molecule has 0 aromatic heterocycles. The Hall–Kier alpha value is -0.120. The normalized spacial score (nSPS) is 34.1. The van der Waals surface area contributed by atoms with Crippen molar-refractivity contribution in [2.75, 3.05) is 0 Å². The topological polar surface area (TPSA) is 43.7 Å². The lowest BCUT2D eigenvalue weighted by Crippen LogP contribution is -2.67. The largest absolute Gasteiger partial charge is 0.391 e. The van der Waals surface area contributed by atoms with Gasteiger partial charge < -0.3 is 10.2 Å². The quantitative estimate of drug-likeness (QED) is 0.673. The summed E-state index contributed by atoms with van der Waals surface area (Å²) in [6.45, 7) is 9.98. The molecule has 2 unspecified atom stereocenters. The first-order valence-electron chi connectivity index (χ1n) is 5.35. The molecule has 3 heteroatoms. The van der Waals surface area contributed by atoms with Crippen molar-refractivity contribution in [2.24, 2.45) is 0 Å². The lowest BCUT2D eigenvalue weighted by molar-refractivity contribution is -0.172. The van der Waals surface area contributed by atoms with Gasteiger partial charge in [0.15, 0.2) is 0 Å². The maximum absolute atomic E-state index is 9.94. The highest BCUT2D eigenvalue weighted by molar-refractivity contribution is 5.01. The van der Waals surface area contributed by atoms with E-state index in [1.807, 2.05) is 18.7 Å². The van der Waals surface area contributed by atoms with Gasteiger partial charge in [-0.3, -0.25) is 4.90 Å². The van der Waals surface area contributed by atoms with Gasteiger partial charge in [0.2, 0.25) is 0 Å². The summed E-state index contributed by atoms with van der Waals surface area (Å²) in [6.07, 6.45) is 0.853. The molecular formula is C11H23NO2. The maximum atomic E-state index is 9.94. The van der Waals surface area contributed by atoms with Crippen LogP contribution in [0.4, 0.5) is 0 Å². The molecule has 1 heterocycles. The number of nitrogens with zero attached hydrogens (tertiary/aromatic N) is 1. The Morgan fingerprint density at radius 2 is 1.79 bits per heavy atom. The Kier molecular flexibility index (Phi) is 2.96. The molecule has 0 aliphatic carbocycles. The van der Waals surface area contributed by atoms with Gasteiger partial charge in [0, 0.05) is 11.1 Å². The molecule has 0 radical (unpaired) electrons. The molecule has 0 aromatic carbocycles. The number of aliphatic hydroxyl groups is 2. The van der Waals surface area contributed by atoms with E-state index in [1.165, 1.54) is 0 Å². The van der Waals surface area contributed by atoms with E-state index in [1.54, 1.807) is 6.92 Å². The van der Waals surface area contributed by atoms with Crippen molar-refractivity contribution >= 4 is 0 Å². The third kappa shape index (κ3) is 1.81. The number of hydrogen-bond donors (Lipinski definition) is 2.